The SMILES string of the molecule is COc1cc(C)nc(NC(=O)C2CSCCN2)n1. The highest BCUT2D eigenvalue weighted by Crippen LogP contribution is 2.13. The third kappa shape index (κ3) is 3.33. The first-order chi connectivity index (χ1) is 8.69. The first-order valence-corrected chi connectivity index (χ1v) is 6.86. The third-order valence-electron chi connectivity index (χ3n) is 2.51. The number of hydrogen-bond acceptors (Lipinski definition) is 6. The molecule has 1 saturated heterocycles. The van der Waals surface area contributed by atoms with E-state index < -0.39 is 0 Å². The maximum Gasteiger partial charge on any atom is 0.244 e. The largest absolute Gasteiger partial charge is 0.481 e. The summed E-state index contributed by atoms with van der Waals surface area (Å²) in [4.78, 5) is 20.2. The van der Waals surface area contributed by atoms with Gasteiger partial charge in [0, 0.05) is 29.8 Å². The molecule has 1 atom stereocenters. The second kappa shape index (κ2) is 6.01. The quantitative estimate of drug-likeness (QED) is 0.828. The van der Waals surface area contributed by atoms with Gasteiger partial charge in [0.05, 0.1) is 13.2 Å². The van der Waals surface area contributed by atoms with Crippen molar-refractivity contribution in [2.24, 2.45) is 0 Å². The topological polar surface area (TPSA) is 76.1 Å². The smallest absolute Gasteiger partial charge is 0.244 e. The van der Waals surface area contributed by atoms with E-state index in [0.29, 0.717) is 5.88 Å². The van der Waals surface area contributed by atoms with Crippen LogP contribution < -0.4 is 15.4 Å². The van der Waals surface area contributed by atoms with Crippen molar-refractivity contribution < 1.29 is 9.53 Å². The van der Waals surface area contributed by atoms with Crippen molar-refractivity contribution >= 4 is 23.6 Å². The third-order valence-corrected chi connectivity index (χ3v) is 3.57. The van der Waals surface area contributed by atoms with Crippen LogP contribution in [0, 0.1) is 6.92 Å². The summed E-state index contributed by atoms with van der Waals surface area (Å²) in [6, 6.07) is 1.53. The highest BCUT2D eigenvalue weighted by molar-refractivity contribution is 7.99. The summed E-state index contributed by atoms with van der Waals surface area (Å²) in [6.07, 6.45) is 0. The van der Waals surface area contributed by atoms with Gasteiger partial charge in [0.2, 0.25) is 17.7 Å². The monoisotopic (exact) mass is 268 g/mol. The lowest BCUT2D eigenvalue weighted by Gasteiger charge is -2.21. The number of carbonyl (C=O) groups excluding carboxylic acids is 1. The van der Waals surface area contributed by atoms with Crippen LogP contribution in [0.1, 0.15) is 5.69 Å². The predicted octanol–water partition coefficient (Wildman–Crippen LogP) is 0.437. The lowest BCUT2D eigenvalue weighted by atomic mass is 10.3. The van der Waals surface area contributed by atoms with Crippen molar-refractivity contribution in [3.63, 3.8) is 0 Å². The van der Waals surface area contributed by atoms with E-state index in [9.17, 15) is 4.79 Å². The Morgan fingerprint density at radius 3 is 3.11 bits per heavy atom. The van der Waals surface area contributed by atoms with Gasteiger partial charge in [-0.2, -0.15) is 16.7 Å². The van der Waals surface area contributed by atoms with Gasteiger partial charge in [0.25, 0.3) is 0 Å². The first-order valence-electron chi connectivity index (χ1n) is 5.70. The van der Waals surface area contributed by atoms with Crippen molar-refractivity contribution in [3.8, 4) is 5.88 Å². The van der Waals surface area contributed by atoms with Gasteiger partial charge in [-0.05, 0) is 6.92 Å². The highest BCUT2D eigenvalue weighted by Gasteiger charge is 2.21. The zero-order valence-electron chi connectivity index (χ0n) is 10.4. The predicted molar refractivity (Wildman–Crippen MR) is 71.1 cm³/mol. The zero-order chi connectivity index (χ0) is 13.0. The Hall–Kier alpha value is -1.34. The number of thioether (sulfide) groups is 1. The minimum Gasteiger partial charge on any atom is -0.481 e. The molecule has 1 aromatic rings. The van der Waals surface area contributed by atoms with Crippen LogP contribution in [-0.4, -0.2) is 47.1 Å². The molecule has 0 bridgehead atoms. The number of nitrogens with zero attached hydrogens (tertiary/aromatic N) is 2. The van der Waals surface area contributed by atoms with Gasteiger partial charge < -0.3 is 10.1 Å². The molecule has 2 heterocycles. The number of aromatic nitrogens is 2. The number of methoxy groups -OCH3 is 1. The summed E-state index contributed by atoms with van der Waals surface area (Å²) >= 11 is 1.76. The van der Waals surface area contributed by atoms with E-state index in [4.69, 9.17) is 4.74 Å². The Bertz CT molecular complexity index is 435. The van der Waals surface area contributed by atoms with E-state index in [1.165, 1.54) is 7.11 Å². The molecular formula is C11H16N4O2S. The number of carbonyl (C=O) groups is 1. The molecule has 0 aromatic carbocycles. The van der Waals surface area contributed by atoms with Gasteiger partial charge in [-0.3, -0.25) is 10.1 Å². The molecule has 0 spiro atoms. The number of nitrogens with one attached hydrogen (secondary N) is 2. The van der Waals surface area contributed by atoms with Crippen LogP contribution in [0.2, 0.25) is 0 Å². The second-order valence-corrected chi connectivity index (χ2v) is 5.10. The maximum absolute atomic E-state index is 12.0. The molecular weight excluding hydrogens is 252 g/mol. The highest BCUT2D eigenvalue weighted by atomic mass is 32.2. The number of hydrogen-bond donors (Lipinski definition) is 2. The molecule has 1 fully saturated rings. The van der Waals surface area contributed by atoms with E-state index in [1.807, 2.05) is 6.92 Å². The normalized spacial score (nSPS) is 19.3. The number of rotatable bonds is 3. The van der Waals surface area contributed by atoms with E-state index in [0.717, 1.165) is 23.7 Å². The Kier molecular flexibility index (Phi) is 4.38. The lowest BCUT2D eigenvalue weighted by Crippen LogP contribution is -2.46. The second-order valence-electron chi connectivity index (χ2n) is 3.95. The molecule has 1 aliphatic rings. The van der Waals surface area contributed by atoms with Crippen molar-refractivity contribution in [1.29, 1.82) is 0 Å². The van der Waals surface area contributed by atoms with Crippen LogP contribution in [0.4, 0.5) is 5.95 Å². The van der Waals surface area contributed by atoms with Crippen LogP contribution in [0.25, 0.3) is 0 Å². The van der Waals surface area contributed by atoms with Gasteiger partial charge in [-0.15, -0.1) is 0 Å². The van der Waals surface area contributed by atoms with Crippen molar-refractivity contribution in [1.82, 2.24) is 15.3 Å². The van der Waals surface area contributed by atoms with Crippen LogP contribution in [-0.2, 0) is 4.79 Å². The zero-order valence-corrected chi connectivity index (χ0v) is 11.2. The summed E-state index contributed by atoms with van der Waals surface area (Å²) in [6.45, 7) is 2.68. The average Bonchev–Trinajstić information content (AvgIpc) is 2.39. The molecule has 0 aliphatic carbocycles. The fourth-order valence-corrected chi connectivity index (χ4v) is 2.57. The average molecular weight is 268 g/mol. The fourth-order valence-electron chi connectivity index (χ4n) is 1.63. The maximum atomic E-state index is 12.0. The van der Waals surface area contributed by atoms with Crippen LogP contribution in [0.15, 0.2) is 6.07 Å². The van der Waals surface area contributed by atoms with Crippen molar-refractivity contribution in [3.05, 3.63) is 11.8 Å². The molecule has 98 valence electrons. The molecule has 0 saturated carbocycles. The molecule has 7 heteroatoms. The first kappa shape index (κ1) is 13.1. The van der Waals surface area contributed by atoms with E-state index in [2.05, 4.69) is 20.6 Å². The number of aryl methyl sites for hydroxylation is 1. The van der Waals surface area contributed by atoms with Crippen molar-refractivity contribution in [2.75, 3.05) is 30.5 Å². The lowest BCUT2D eigenvalue weighted by molar-refractivity contribution is -0.117. The molecule has 18 heavy (non-hydrogen) atoms. The molecule has 6 nitrogen and oxygen atoms in total. The van der Waals surface area contributed by atoms with Gasteiger partial charge >= 0.3 is 0 Å². The Morgan fingerprint density at radius 2 is 2.44 bits per heavy atom. The Labute approximate surface area is 110 Å². The van der Waals surface area contributed by atoms with Gasteiger partial charge in [0.15, 0.2) is 0 Å². The minimum atomic E-state index is -0.182. The van der Waals surface area contributed by atoms with E-state index >= 15 is 0 Å². The fraction of sp³-hybridized carbons (Fsp3) is 0.545. The molecule has 1 aromatic heterocycles. The summed E-state index contributed by atoms with van der Waals surface area (Å²) in [5.41, 5.74) is 0.753. The summed E-state index contributed by atoms with van der Waals surface area (Å²) < 4.78 is 5.04. The van der Waals surface area contributed by atoms with Crippen LogP contribution in [0.5, 0.6) is 5.88 Å². The molecule has 2 rings (SSSR count). The number of anilines is 1. The van der Waals surface area contributed by atoms with Crippen molar-refractivity contribution in [2.45, 2.75) is 13.0 Å². The summed E-state index contributed by atoms with van der Waals surface area (Å²) in [5, 5.41) is 5.87. The van der Waals surface area contributed by atoms with E-state index in [-0.39, 0.29) is 17.9 Å². The molecule has 1 aliphatic heterocycles. The van der Waals surface area contributed by atoms with Crippen LogP contribution in [0.3, 0.4) is 0 Å². The summed E-state index contributed by atoms with van der Waals surface area (Å²) in [5.74, 6) is 2.45. The van der Waals surface area contributed by atoms with E-state index in [1.54, 1.807) is 17.8 Å². The standard InChI is InChI=1S/C11H16N4O2S/c1-7-5-9(17-2)14-11(13-7)15-10(16)8-6-18-4-3-12-8/h5,8,12H,3-4,6H2,1-2H3,(H,13,14,15,16). The Morgan fingerprint density at radius 1 is 1.61 bits per heavy atom. The summed E-state index contributed by atoms with van der Waals surface area (Å²) in [7, 11) is 1.53. The molecule has 1 amide bonds. The molecule has 1 unspecified atom stereocenters. The number of amides is 1. The Balaban J connectivity index is 2.03. The number of ether oxygens (including phenoxy) is 1. The van der Waals surface area contributed by atoms with Gasteiger partial charge in [-0.25, -0.2) is 4.98 Å². The van der Waals surface area contributed by atoms with Gasteiger partial charge in [-0.1, -0.05) is 0 Å². The van der Waals surface area contributed by atoms with Crippen LogP contribution >= 0.6 is 11.8 Å². The minimum absolute atomic E-state index is 0.102. The van der Waals surface area contributed by atoms with Gasteiger partial charge in [0.1, 0.15) is 0 Å². The molecule has 2 N–H and O–H groups in total. The molecule has 0 radical (unpaired) electrons.